The van der Waals surface area contributed by atoms with Gasteiger partial charge in [-0.2, -0.15) is 0 Å². The van der Waals surface area contributed by atoms with Gasteiger partial charge in [0.1, 0.15) is 0 Å². The first-order valence-corrected chi connectivity index (χ1v) is 6.90. The van der Waals surface area contributed by atoms with Crippen LogP contribution in [-0.2, 0) is 13.1 Å². The average molecular weight is 249 g/mol. The summed E-state index contributed by atoms with van der Waals surface area (Å²) in [5.41, 5.74) is 2.28. The number of pyridine rings is 1. The van der Waals surface area contributed by atoms with Crippen LogP contribution in [-0.4, -0.2) is 29.5 Å². The molecule has 0 saturated carbocycles. The summed E-state index contributed by atoms with van der Waals surface area (Å²) in [6.07, 6.45) is 0. The van der Waals surface area contributed by atoms with E-state index >= 15 is 0 Å². The molecule has 1 rings (SSSR count). The molecule has 0 amide bonds. The Morgan fingerprint density at radius 1 is 1.22 bits per heavy atom. The highest BCUT2D eigenvalue weighted by atomic mass is 15.1. The minimum absolute atomic E-state index is 0.573. The number of hydrogen-bond donors (Lipinski definition) is 1. The molecular weight excluding hydrogens is 222 g/mol. The van der Waals surface area contributed by atoms with Crippen molar-refractivity contribution in [3.8, 4) is 0 Å². The highest BCUT2D eigenvalue weighted by molar-refractivity contribution is 5.11. The van der Waals surface area contributed by atoms with Gasteiger partial charge >= 0.3 is 0 Å². The third kappa shape index (κ3) is 4.75. The Morgan fingerprint density at radius 2 is 1.89 bits per heavy atom. The van der Waals surface area contributed by atoms with Gasteiger partial charge in [0, 0.05) is 19.1 Å². The second-order valence-corrected chi connectivity index (χ2v) is 5.30. The van der Waals surface area contributed by atoms with E-state index in [0.717, 1.165) is 31.0 Å². The minimum Gasteiger partial charge on any atom is -0.311 e. The van der Waals surface area contributed by atoms with Crippen LogP contribution in [0.5, 0.6) is 0 Å². The maximum atomic E-state index is 4.69. The molecule has 0 spiro atoms. The van der Waals surface area contributed by atoms with E-state index in [1.54, 1.807) is 0 Å². The molecule has 1 aromatic rings. The van der Waals surface area contributed by atoms with Crippen LogP contribution in [0, 0.1) is 5.92 Å². The van der Waals surface area contributed by atoms with E-state index in [4.69, 9.17) is 0 Å². The zero-order valence-electron chi connectivity index (χ0n) is 12.4. The lowest BCUT2D eigenvalue weighted by Gasteiger charge is -2.27. The normalized spacial score (nSPS) is 13.3. The summed E-state index contributed by atoms with van der Waals surface area (Å²) in [6, 6.07) is 6.86. The van der Waals surface area contributed by atoms with Crippen molar-refractivity contribution >= 4 is 0 Å². The van der Waals surface area contributed by atoms with Crippen LogP contribution in [0.4, 0.5) is 0 Å². The smallest absolute Gasteiger partial charge is 0.0547 e. The molecule has 1 unspecified atom stereocenters. The number of nitrogens with zero attached hydrogens (tertiary/aromatic N) is 2. The van der Waals surface area contributed by atoms with Crippen molar-refractivity contribution in [2.45, 2.75) is 46.8 Å². The summed E-state index contributed by atoms with van der Waals surface area (Å²) in [5, 5.41) is 3.31. The summed E-state index contributed by atoms with van der Waals surface area (Å²) in [5.74, 6) is 0.667. The fourth-order valence-electron chi connectivity index (χ4n) is 1.88. The largest absolute Gasteiger partial charge is 0.311 e. The molecule has 3 nitrogen and oxygen atoms in total. The van der Waals surface area contributed by atoms with Crippen molar-refractivity contribution in [2.75, 3.05) is 13.6 Å². The monoisotopic (exact) mass is 249 g/mol. The second-order valence-electron chi connectivity index (χ2n) is 5.30. The molecule has 0 aliphatic carbocycles. The van der Waals surface area contributed by atoms with Gasteiger partial charge in [-0.15, -0.1) is 0 Å². The highest BCUT2D eigenvalue weighted by Crippen LogP contribution is 2.11. The number of rotatable bonds is 7. The Morgan fingerprint density at radius 3 is 2.50 bits per heavy atom. The molecule has 0 fully saturated rings. The molecule has 0 aliphatic rings. The topological polar surface area (TPSA) is 28.2 Å². The summed E-state index contributed by atoms with van der Waals surface area (Å²) in [7, 11) is 2.17. The van der Waals surface area contributed by atoms with Crippen molar-refractivity contribution in [1.82, 2.24) is 15.2 Å². The minimum atomic E-state index is 0.573. The molecule has 18 heavy (non-hydrogen) atoms. The van der Waals surface area contributed by atoms with Gasteiger partial charge in [-0.25, -0.2) is 0 Å². The molecule has 102 valence electrons. The molecule has 0 radical (unpaired) electrons. The van der Waals surface area contributed by atoms with E-state index in [-0.39, 0.29) is 0 Å². The summed E-state index contributed by atoms with van der Waals surface area (Å²) < 4.78 is 0. The first-order valence-electron chi connectivity index (χ1n) is 6.90. The molecule has 1 atom stereocenters. The molecule has 0 bridgehead atoms. The Bertz CT molecular complexity index is 349. The SMILES string of the molecule is CCNCc1cccc(CN(C)C(C)C(C)C)n1. The van der Waals surface area contributed by atoms with E-state index in [0.29, 0.717) is 12.0 Å². The van der Waals surface area contributed by atoms with Crippen LogP contribution in [0.2, 0.25) is 0 Å². The Balaban J connectivity index is 2.61. The quantitative estimate of drug-likeness (QED) is 0.805. The van der Waals surface area contributed by atoms with Crippen LogP contribution >= 0.6 is 0 Å². The van der Waals surface area contributed by atoms with Gasteiger partial charge in [0.05, 0.1) is 11.4 Å². The van der Waals surface area contributed by atoms with Gasteiger partial charge in [0.25, 0.3) is 0 Å². The van der Waals surface area contributed by atoms with Gasteiger partial charge in [-0.1, -0.05) is 26.8 Å². The summed E-state index contributed by atoms with van der Waals surface area (Å²) in [4.78, 5) is 7.05. The lowest BCUT2D eigenvalue weighted by molar-refractivity contribution is 0.198. The zero-order chi connectivity index (χ0) is 13.5. The van der Waals surface area contributed by atoms with E-state index in [1.807, 2.05) is 0 Å². The first-order chi connectivity index (χ1) is 8.54. The van der Waals surface area contributed by atoms with Crippen LogP contribution in [0.25, 0.3) is 0 Å². The Labute approximate surface area is 112 Å². The first kappa shape index (κ1) is 15.1. The molecule has 1 aromatic heterocycles. The molecule has 1 N–H and O–H groups in total. The molecule has 1 heterocycles. The predicted molar refractivity (Wildman–Crippen MR) is 77.4 cm³/mol. The lowest BCUT2D eigenvalue weighted by Crippen LogP contribution is -2.33. The molecule has 3 heteroatoms. The van der Waals surface area contributed by atoms with Crippen LogP contribution < -0.4 is 5.32 Å². The molecular formula is C15H27N3. The van der Waals surface area contributed by atoms with E-state index in [1.165, 1.54) is 0 Å². The van der Waals surface area contributed by atoms with Gasteiger partial charge in [0.2, 0.25) is 0 Å². The predicted octanol–water partition coefficient (Wildman–Crippen LogP) is 2.67. The Kier molecular flexibility index (Phi) is 6.30. The second kappa shape index (κ2) is 7.49. The van der Waals surface area contributed by atoms with E-state index in [2.05, 4.69) is 68.1 Å². The summed E-state index contributed by atoms with van der Waals surface area (Å²) in [6.45, 7) is 11.7. The standard InChI is InChI=1S/C15H27N3/c1-6-16-10-14-8-7-9-15(17-14)11-18(5)13(4)12(2)3/h7-9,12-13,16H,6,10-11H2,1-5H3. The molecule has 0 aromatic carbocycles. The summed E-state index contributed by atoms with van der Waals surface area (Å²) >= 11 is 0. The highest BCUT2D eigenvalue weighted by Gasteiger charge is 2.13. The van der Waals surface area contributed by atoms with Crippen molar-refractivity contribution in [3.63, 3.8) is 0 Å². The Hall–Kier alpha value is -0.930. The van der Waals surface area contributed by atoms with Crippen molar-refractivity contribution < 1.29 is 0 Å². The van der Waals surface area contributed by atoms with Gasteiger partial charge < -0.3 is 5.32 Å². The van der Waals surface area contributed by atoms with Gasteiger partial charge in [-0.3, -0.25) is 9.88 Å². The fraction of sp³-hybridized carbons (Fsp3) is 0.667. The average Bonchev–Trinajstić information content (AvgIpc) is 2.35. The van der Waals surface area contributed by atoms with Crippen molar-refractivity contribution in [2.24, 2.45) is 5.92 Å². The van der Waals surface area contributed by atoms with Crippen molar-refractivity contribution in [1.29, 1.82) is 0 Å². The number of nitrogens with one attached hydrogen (secondary N) is 1. The van der Waals surface area contributed by atoms with E-state index < -0.39 is 0 Å². The third-order valence-electron chi connectivity index (χ3n) is 3.49. The van der Waals surface area contributed by atoms with Crippen LogP contribution in [0.1, 0.15) is 39.1 Å². The maximum Gasteiger partial charge on any atom is 0.0547 e. The third-order valence-corrected chi connectivity index (χ3v) is 3.49. The molecule has 0 aliphatic heterocycles. The zero-order valence-corrected chi connectivity index (χ0v) is 12.4. The van der Waals surface area contributed by atoms with Crippen LogP contribution in [0.3, 0.4) is 0 Å². The van der Waals surface area contributed by atoms with Crippen LogP contribution in [0.15, 0.2) is 18.2 Å². The lowest BCUT2D eigenvalue weighted by atomic mass is 10.1. The number of aromatic nitrogens is 1. The molecule has 0 saturated heterocycles. The van der Waals surface area contributed by atoms with Gasteiger partial charge in [0.15, 0.2) is 0 Å². The fourth-order valence-corrected chi connectivity index (χ4v) is 1.88. The van der Waals surface area contributed by atoms with Crippen molar-refractivity contribution in [3.05, 3.63) is 29.6 Å². The number of hydrogen-bond acceptors (Lipinski definition) is 3. The van der Waals surface area contributed by atoms with Gasteiger partial charge in [-0.05, 0) is 38.6 Å². The van der Waals surface area contributed by atoms with E-state index in [9.17, 15) is 0 Å². The maximum absolute atomic E-state index is 4.69.